The molecule has 0 aliphatic heterocycles. The molecule has 0 aliphatic carbocycles. The van der Waals surface area contributed by atoms with Crippen LogP contribution >= 0.6 is 22.9 Å². The van der Waals surface area contributed by atoms with Gasteiger partial charge in [-0.15, -0.1) is 22.9 Å². The molecule has 110 valence electrons. The van der Waals surface area contributed by atoms with Crippen LogP contribution in [0.3, 0.4) is 0 Å². The van der Waals surface area contributed by atoms with Crippen molar-refractivity contribution in [2.45, 2.75) is 12.8 Å². The topological polar surface area (TPSA) is 26.5 Å². The summed E-state index contributed by atoms with van der Waals surface area (Å²) < 4.78 is 7.25. The van der Waals surface area contributed by atoms with Gasteiger partial charge < -0.3 is 4.74 Å². The van der Waals surface area contributed by atoms with Crippen LogP contribution in [0.1, 0.15) is 11.3 Å². The first-order chi connectivity index (χ1) is 10.3. The van der Waals surface area contributed by atoms with Gasteiger partial charge in [0.25, 0.3) is 0 Å². The molecular formula is C16H17ClN2OS. The lowest BCUT2D eigenvalue weighted by molar-refractivity contribution is 0.414. The number of aromatic nitrogens is 2. The SMILES string of the molecule is COc1ccc(CC(CCl)Cc2cn3ccsc3n2)cc1. The van der Waals surface area contributed by atoms with Crippen molar-refractivity contribution in [2.75, 3.05) is 13.0 Å². The van der Waals surface area contributed by atoms with Crippen LogP contribution in [0.4, 0.5) is 0 Å². The van der Waals surface area contributed by atoms with Gasteiger partial charge in [-0.3, -0.25) is 4.40 Å². The van der Waals surface area contributed by atoms with Crippen molar-refractivity contribution in [3.05, 3.63) is 53.3 Å². The first-order valence-electron chi connectivity index (χ1n) is 6.88. The minimum atomic E-state index is 0.393. The van der Waals surface area contributed by atoms with E-state index in [-0.39, 0.29) is 0 Å². The number of methoxy groups -OCH3 is 1. The normalized spacial score (nSPS) is 12.7. The molecule has 0 bridgehead atoms. The van der Waals surface area contributed by atoms with Gasteiger partial charge in [0.05, 0.1) is 12.8 Å². The quantitative estimate of drug-likeness (QED) is 0.641. The van der Waals surface area contributed by atoms with Crippen molar-refractivity contribution < 1.29 is 4.74 Å². The molecule has 1 atom stereocenters. The second-order valence-electron chi connectivity index (χ2n) is 5.10. The third kappa shape index (κ3) is 3.39. The highest BCUT2D eigenvalue weighted by atomic mass is 35.5. The monoisotopic (exact) mass is 320 g/mol. The lowest BCUT2D eigenvalue weighted by atomic mass is 9.96. The lowest BCUT2D eigenvalue weighted by Gasteiger charge is -2.12. The van der Waals surface area contributed by atoms with Gasteiger partial charge in [0.2, 0.25) is 0 Å². The van der Waals surface area contributed by atoms with Gasteiger partial charge in [-0.25, -0.2) is 4.98 Å². The Morgan fingerprint density at radius 3 is 2.76 bits per heavy atom. The Hall–Kier alpha value is -1.52. The van der Waals surface area contributed by atoms with Crippen molar-refractivity contribution in [1.29, 1.82) is 0 Å². The van der Waals surface area contributed by atoms with E-state index in [1.807, 2.05) is 23.7 Å². The number of ether oxygens (including phenoxy) is 1. The highest BCUT2D eigenvalue weighted by Crippen LogP contribution is 2.20. The summed E-state index contributed by atoms with van der Waals surface area (Å²) >= 11 is 7.80. The summed E-state index contributed by atoms with van der Waals surface area (Å²) in [4.78, 5) is 5.68. The van der Waals surface area contributed by atoms with Crippen LogP contribution in [-0.4, -0.2) is 22.4 Å². The number of benzene rings is 1. The average Bonchev–Trinajstić information content (AvgIpc) is 3.08. The van der Waals surface area contributed by atoms with Crippen LogP contribution in [0.25, 0.3) is 4.96 Å². The van der Waals surface area contributed by atoms with Crippen molar-refractivity contribution >= 4 is 27.9 Å². The van der Waals surface area contributed by atoms with E-state index in [0.717, 1.165) is 29.2 Å². The number of hydrogen-bond acceptors (Lipinski definition) is 3. The molecule has 0 amide bonds. The summed E-state index contributed by atoms with van der Waals surface area (Å²) in [6.07, 6.45) is 6.00. The van der Waals surface area contributed by atoms with Gasteiger partial charge in [-0.1, -0.05) is 12.1 Å². The number of alkyl halides is 1. The van der Waals surface area contributed by atoms with Crippen molar-refractivity contribution in [3.63, 3.8) is 0 Å². The second-order valence-corrected chi connectivity index (χ2v) is 6.28. The van der Waals surface area contributed by atoms with Gasteiger partial charge in [0, 0.05) is 23.7 Å². The summed E-state index contributed by atoms with van der Waals surface area (Å²) in [6.45, 7) is 0. The first-order valence-corrected chi connectivity index (χ1v) is 8.30. The van der Waals surface area contributed by atoms with Gasteiger partial charge in [-0.05, 0) is 36.5 Å². The second kappa shape index (κ2) is 6.50. The van der Waals surface area contributed by atoms with Crippen LogP contribution in [-0.2, 0) is 12.8 Å². The number of rotatable bonds is 6. The van der Waals surface area contributed by atoms with Gasteiger partial charge in [0.15, 0.2) is 4.96 Å². The maximum atomic E-state index is 6.14. The van der Waals surface area contributed by atoms with Crippen LogP contribution in [0.2, 0.25) is 0 Å². The maximum Gasteiger partial charge on any atom is 0.193 e. The number of hydrogen-bond donors (Lipinski definition) is 0. The van der Waals surface area contributed by atoms with E-state index in [1.165, 1.54) is 5.56 Å². The fraction of sp³-hybridized carbons (Fsp3) is 0.312. The Bertz CT molecular complexity index is 676. The molecule has 1 aromatic carbocycles. The maximum absolute atomic E-state index is 6.14. The molecule has 2 aromatic heterocycles. The molecule has 0 fully saturated rings. The molecular weight excluding hydrogens is 304 g/mol. The molecule has 0 aliphatic rings. The number of nitrogens with zero attached hydrogens (tertiary/aromatic N) is 2. The van der Waals surface area contributed by atoms with Crippen LogP contribution < -0.4 is 4.74 Å². The predicted molar refractivity (Wildman–Crippen MR) is 87.7 cm³/mol. The van der Waals surface area contributed by atoms with E-state index in [2.05, 4.69) is 27.7 Å². The standard InChI is InChI=1S/C16H17ClN2OS/c1-20-15-4-2-12(3-5-15)8-13(10-17)9-14-11-19-6-7-21-16(19)18-14/h2-7,11,13H,8-10H2,1H3. The Labute approximate surface area is 133 Å². The van der Waals surface area contributed by atoms with Crippen molar-refractivity contribution in [2.24, 2.45) is 5.92 Å². The molecule has 0 N–H and O–H groups in total. The largest absolute Gasteiger partial charge is 0.497 e. The zero-order valence-electron chi connectivity index (χ0n) is 11.8. The van der Waals surface area contributed by atoms with Crippen molar-refractivity contribution in [1.82, 2.24) is 9.38 Å². The molecule has 0 radical (unpaired) electrons. The van der Waals surface area contributed by atoms with Gasteiger partial charge in [-0.2, -0.15) is 0 Å². The summed E-state index contributed by atoms with van der Waals surface area (Å²) in [5.41, 5.74) is 2.39. The Morgan fingerprint density at radius 1 is 1.29 bits per heavy atom. The molecule has 2 heterocycles. The number of thiazole rings is 1. The Morgan fingerprint density at radius 2 is 2.10 bits per heavy atom. The molecule has 3 nitrogen and oxygen atoms in total. The van der Waals surface area contributed by atoms with Gasteiger partial charge >= 0.3 is 0 Å². The van der Waals surface area contributed by atoms with E-state index in [4.69, 9.17) is 16.3 Å². The summed E-state index contributed by atoms with van der Waals surface area (Å²) in [5, 5.41) is 2.04. The summed E-state index contributed by atoms with van der Waals surface area (Å²) in [5.74, 6) is 1.91. The summed E-state index contributed by atoms with van der Waals surface area (Å²) in [6, 6.07) is 8.19. The van der Waals surface area contributed by atoms with E-state index >= 15 is 0 Å². The van der Waals surface area contributed by atoms with Crippen LogP contribution in [0, 0.1) is 5.92 Å². The number of halogens is 1. The molecule has 5 heteroatoms. The third-order valence-corrected chi connectivity index (χ3v) is 4.75. The first kappa shape index (κ1) is 14.4. The minimum Gasteiger partial charge on any atom is -0.497 e. The number of imidazole rings is 1. The fourth-order valence-corrected chi connectivity index (χ4v) is 3.38. The molecule has 1 unspecified atom stereocenters. The van der Waals surface area contributed by atoms with E-state index in [1.54, 1.807) is 18.4 Å². The summed E-state index contributed by atoms with van der Waals surface area (Å²) in [7, 11) is 1.68. The van der Waals surface area contributed by atoms with Gasteiger partial charge in [0.1, 0.15) is 5.75 Å². The molecule has 3 rings (SSSR count). The van der Waals surface area contributed by atoms with E-state index < -0.39 is 0 Å². The van der Waals surface area contributed by atoms with Crippen molar-refractivity contribution in [3.8, 4) is 5.75 Å². The van der Waals surface area contributed by atoms with Crippen LogP contribution in [0.15, 0.2) is 42.0 Å². The minimum absolute atomic E-state index is 0.393. The Kier molecular flexibility index (Phi) is 4.46. The smallest absolute Gasteiger partial charge is 0.193 e. The zero-order valence-corrected chi connectivity index (χ0v) is 13.4. The van der Waals surface area contributed by atoms with Crippen LogP contribution in [0.5, 0.6) is 5.75 Å². The number of fused-ring (bicyclic) bond motifs is 1. The highest BCUT2D eigenvalue weighted by molar-refractivity contribution is 7.15. The molecule has 3 aromatic rings. The van der Waals surface area contributed by atoms with E-state index in [0.29, 0.717) is 11.8 Å². The zero-order chi connectivity index (χ0) is 14.7. The highest BCUT2D eigenvalue weighted by Gasteiger charge is 2.13. The molecule has 0 saturated heterocycles. The Balaban J connectivity index is 1.67. The molecule has 21 heavy (non-hydrogen) atoms. The molecule has 0 saturated carbocycles. The average molecular weight is 321 g/mol. The third-order valence-electron chi connectivity index (χ3n) is 3.54. The molecule has 0 spiro atoms. The fourth-order valence-electron chi connectivity index (χ4n) is 2.45. The lowest BCUT2D eigenvalue weighted by Crippen LogP contribution is -2.10. The van der Waals surface area contributed by atoms with E-state index in [9.17, 15) is 0 Å². The predicted octanol–water partition coefficient (Wildman–Crippen LogP) is 4.04.